The molecule has 1 heterocycles. The molecule has 0 saturated heterocycles. The molecule has 4 nitrogen and oxygen atoms in total. The van der Waals surface area contributed by atoms with Gasteiger partial charge >= 0.3 is 0 Å². The van der Waals surface area contributed by atoms with E-state index >= 15 is 0 Å². The fraction of sp³-hybridized carbons (Fsp3) is 0. The minimum Gasteiger partial charge on any atom is -0.276 e. The maximum absolute atomic E-state index is 4.14. The average molecular weight is 255 g/mol. The van der Waals surface area contributed by atoms with Crippen molar-refractivity contribution in [3.63, 3.8) is 0 Å². The first-order valence-electron chi connectivity index (χ1n) is 5.50. The quantitative estimate of drug-likeness (QED) is 0.429. The molecule has 3 rings (SSSR count). The zero-order valence-corrected chi connectivity index (χ0v) is 10.3. The van der Waals surface area contributed by atoms with Crippen LogP contribution >= 0.6 is 11.9 Å². The second kappa shape index (κ2) is 5.01. The van der Waals surface area contributed by atoms with E-state index in [1.807, 2.05) is 54.6 Å². The van der Waals surface area contributed by atoms with Gasteiger partial charge in [-0.2, -0.15) is 5.10 Å². The van der Waals surface area contributed by atoms with Gasteiger partial charge in [0, 0.05) is 22.2 Å². The molecule has 0 bridgehead atoms. The lowest BCUT2D eigenvalue weighted by Crippen LogP contribution is -1.65. The van der Waals surface area contributed by atoms with Crippen LogP contribution in [0.1, 0.15) is 0 Å². The number of fused-ring (bicyclic) bond motifs is 1. The molecule has 18 heavy (non-hydrogen) atoms. The molecular weight excluding hydrogens is 245 g/mol. The van der Waals surface area contributed by atoms with Gasteiger partial charge in [0.2, 0.25) is 5.82 Å². The summed E-state index contributed by atoms with van der Waals surface area (Å²) in [5, 5.41) is 12.2. The van der Waals surface area contributed by atoms with Crippen molar-refractivity contribution >= 4 is 28.7 Å². The van der Waals surface area contributed by atoms with E-state index in [2.05, 4.69) is 19.8 Å². The Bertz CT molecular complexity index is 676. The first-order valence-corrected chi connectivity index (χ1v) is 6.27. The van der Waals surface area contributed by atoms with Gasteiger partial charge in [0.25, 0.3) is 0 Å². The molecular formula is C13H10N4S. The Kier molecular flexibility index (Phi) is 3.06. The van der Waals surface area contributed by atoms with Gasteiger partial charge in [-0.05, 0) is 24.3 Å². The van der Waals surface area contributed by atoms with Crippen LogP contribution in [0.15, 0.2) is 69.1 Å². The predicted octanol–water partition coefficient (Wildman–Crippen LogP) is 4.35. The molecule has 0 aliphatic carbocycles. The van der Waals surface area contributed by atoms with E-state index in [1.165, 1.54) is 11.9 Å². The number of aromatic amines is 1. The molecule has 0 spiro atoms. The highest BCUT2D eigenvalue weighted by Crippen LogP contribution is 2.25. The molecule has 0 saturated carbocycles. The number of para-hydroxylation sites is 1. The summed E-state index contributed by atoms with van der Waals surface area (Å²) in [5.74, 6) is 0.619. The van der Waals surface area contributed by atoms with Crippen LogP contribution in [-0.4, -0.2) is 10.2 Å². The standard InChI is InChI=1S/C13H10N4S/c1-2-6-10(7-3-1)18-17-16-13-11-8-4-5-9-12(11)14-15-13/h1-9H,(H,14,15)/i17+1. The summed E-state index contributed by atoms with van der Waals surface area (Å²) < 4.78 is 4.09. The fourth-order valence-electron chi connectivity index (χ4n) is 1.61. The van der Waals surface area contributed by atoms with E-state index < -0.39 is 0 Å². The smallest absolute Gasteiger partial charge is 0.203 e. The molecule has 0 aliphatic heterocycles. The molecule has 0 amide bonds. The molecule has 1 N–H and O–H groups in total. The first-order chi connectivity index (χ1) is 8.93. The largest absolute Gasteiger partial charge is 0.276 e. The summed E-state index contributed by atoms with van der Waals surface area (Å²) in [6.07, 6.45) is 0. The van der Waals surface area contributed by atoms with Gasteiger partial charge in [0.05, 0.1) is 5.52 Å². The number of hydrogen-bond acceptors (Lipinski definition) is 4. The van der Waals surface area contributed by atoms with Crippen LogP contribution in [0.2, 0.25) is 0 Å². The number of nitrogens with zero attached hydrogens (tertiary/aromatic N) is 3. The van der Waals surface area contributed by atoms with E-state index in [4.69, 9.17) is 0 Å². The van der Waals surface area contributed by atoms with Crippen LogP contribution < -0.4 is 0 Å². The van der Waals surface area contributed by atoms with Crippen molar-refractivity contribution in [3.8, 4) is 0 Å². The molecule has 1 aromatic heterocycles. The third-order valence-corrected chi connectivity index (χ3v) is 3.12. The number of H-pyrrole nitrogens is 1. The summed E-state index contributed by atoms with van der Waals surface area (Å²) in [6, 6.07) is 17.8. The Morgan fingerprint density at radius 1 is 0.944 bits per heavy atom. The van der Waals surface area contributed by atoms with Crippen LogP contribution in [0.25, 0.3) is 10.9 Å². The molecule has 5 heteroatoms. The van der Waals surface area contributed by atoms with Crippen molar-refractivity contribution in [2.24, 2.45) is 9.63 Å². The normalized spacial score (nSPS) is 11.3. The molecule has 3 aromatic rings. The van der Waals surface area contributed by atoms with Crippen molar-refractivity contribution in [2.75, 3.05) is 0 Å². The van der Waals surface area contributed by atoms with E-state index in [0.29, 0.717) is 5.82 Å². The maximum Gasteiger partial charge on any atom is 0.203 e. The Morgan fingerprint density at radius 2 is 1.72 bits per heavy atom. The topological polar surface area (TPSA) is 53.4 Å². The zero-order chi connectivity index (χ0) is 12.2. The monoisotopic (exact) mass is 255 g/mol. The third-order valence-electron chi connectivity index (χ3n) is 2.48. The molecule has 0 atom stereocenters. The Labute approximate surface area is 108 Å². The summed E-state index contributed by atoms with van der Waals surface area (Å²) in [7, 11) is 0. The summed E-state index contributed by atoms with van der Waals surface area (Å²) in [6.45, 7) is 0. The number of benzene rings is 2. The maximum atomic E-state index is 4.14. The van der Waals surface area contributed by atoms with Crippen LogP contribution in [0.5, 0.6) is 0 Å². The lowest BCUT2D eigenvalue weighted by molar-refractivity contribution is 1.09. The Morgan fingerprint density at radius 3 is 2.61 bits per heavy atom. The lowest BCUT2D eigenvalue weighted by Gasteiger charge is -1.91. The molecule has 0 radical (unpaired) electrons. The third kappa shape index (κ3) is 2.26. The van der Waals surface area contributed by atoms with Crippen molar-refractivity contribution in [2.45, 2.75) is 4.90 Å². The first kappa shape index (κ1) is 11.0. The van der Waals surface area contributed by atoms with Gasteiger partial charge in [0.15, 0.2) is 0 Å². The molecule has 2 aromatic carbocycles. The highest BCUT2D eigenvalue weighted by atomic mass is 32.2. The number of hydrogen-bond donors (Lipinski definition) is 1. The Balaban J connectivity index is 1.80. The second-order valence-corrected chi connectivity index (χ2v) is 4.50. The average Bonchev–Trinajstić information content (AvgIpc) is 2.84. The lowest BCUT2D eigenvalue weighted by atomic mass is 10.2. The SMILES string of the molecule is c1ccc(S[15N]=Nc2n[nH]c3ccccc23)cc1. The van der Waals surface area contributed by atoms with Crippen molar-refractivity contribution in [1.29, 1.82) is 0 Å². The van der Waals surface area contributed by atoms with Crippen molar-refractivity contribution < 1.29 is 0 Å². The van der Waals surface area contributed by atoms with E-state index in [1.54, 1.807) is 0 Å². The van der Waals surface area contributed by atoms with Gasteiger partial charge in [0.1, 0.15) is 0 Å². The van der Waals surface area contributed by atoms with Crippen molar-refractivity contribution in [1.82, 2.24) is 10.2 Å². The Hall–Kier alpha value is -2.14. The number of nitrogens with one attached hydrogen (secondary N) is 1. The minimum absolute atomic E-state index is 0.619. The highest BCUT2D eigenvalue weighted by molar-refractivity contribution is 7.97. The predicted molar refractivity (Wildman–Crippen MR) is 72.9 cm³/mol. The van der Waals surface area contributed by atoms with Gasteiger partial charge in [-0.1, -0.05) is 30.3 Å². The number of rotatable bonds is 3. The number of aromatic nitrogens is 2. The molecule has 88 valence electrons. The van der Waals surface area contributed by atoms with Crippen molar-refractivity contribution in [3.05, 3.63) is 54.6 Å². The summed E-state index contributed by atoms with van der Waals surface area (Å²) >= 11 is 1.33. The van der Waals surface area contributed by atoms with Crippen LogP contribution in [0.3, 0.4) is 0 Å². The van der Waals surface area contributed by atoms with Gasteiger partial charge < -0.3 is 0 Å². The van der Waals surface area contributed by atoms with E-state index in [-0.39, 0.29) is 0 Å². The van der Waals surface area contributed by atoms with Gasteiger partial charge in [-0.15, -0.1) is 9.63 Å². The summed E-state index contributed by atoms with van der Waals surface area (Å²) in [5.41, 5.74) is 0.969. The molecule has 0 fully saturated rings. The fourth-order valence-corrected chi connectivity index (χ4v) is 2.10. The highest BCUT2D eigenvalue weighted by Gasteiger charge is 2.02. The second-order valence-electron chi connectivity index (χ2n) is 3.68. The molecule has 0 aliphatic rings. The zero-order valence-electron chi connectivity index (χ0n) is 9.45. The van der Waals surface area contributed by atoms with E-state index in [9.17, 15) is 0 Å². The minimum atomic E-state index is 0.619. The molecule has 0 unspecified atom stereocenters. The van der Waals surface area contributed by atoms with Crippen LogP contribution in [0, 0.1) is 0 Å². The van der Waals surface area contributed by atoms with Gasteiger partial charge in [-0.25, -0.2) is 0 Å². The summed E-state index contributed by atoms with van der Waals surface area (Å²) in [4.78, 5) is 1.06. The van der Waals surface area contributed by atoms with Gasteiger partial charge in [-0.3, -0.25) is 5.10 Å². The van der Waals surface area contributed by atoms with Crippen LogP contribution in [-0.2, 0) is 0 Å². The van der Waals surface area contributed by atoms with Crippen LogP contribution in [0.4, 0.5) is 5.82 Å². The van der Waals surface area contributed by atoms with E-state index in [0.717, 1.165) is 15.8 Å².